The molecule has 5 heteroatoms. The first kappa shape index (κ1) is 18.2. The van der Waals surface area contributed by atoms with E-state index >= 15 is 0 Å². The summed E-state index contributed by atoms with van der Waals surface area (Å²) in [6.07, 6.45) is 4.40. The molecule has 1 aliphatic rings. The number of aromatic nitrogens is 1. The zero-order chi connectivity index (χ0) is 18.8. The van der Waals surface area contributed by atoms with Gasteiger partial charge in [0, 0.05) is 10.9 Å². The fraction of sp³-hybridized carbons (Fsp3) is 0.273. The van der Waals surface area contributed by atoms with Crippen LogP contribution in [-0.2, 0) is 11.3 Å². The minimum atomic E-state index is 0.0143. The van der Waals surface area contributed by atoms with Gasteiger partial charge in [-0.15, -0.1) is 17.9 Å². The normalized spacial score (nSPS) is 20.2. The van der Waals surface area contributed by atoms with Crippen LogP contribution in [0.2, 0.25) is 5.02 Å². The summed E-state index contributed by atoms with van der Waals surface area (Å²) in [4.78, 5) is 20.0. The van der Waals surface area contributed by atoms with Crippen LogP contribution < -0.4 is 0 Å². The quantitative estimate of drug-likeness (QED) is 0.495. The van der Waals surface area contributed by atoms with Crippen molar-refractivity contribution >= 4 is 39.1 Å². The fourth-order valence-corrected chi connectivity index (χ4v) is 4.89. The van der Waals surface area contributed by atoms with Gasteiger partial charge in [0.15, 0.2) is 0 Å². The number of fused-ring (bicyclic) bond motifs is 1. The first-order chi connectivity index (χ1) is 13.2. The fourth-order valence-electron chi connectivity index (χ4n) is 3.80. The molecule has 2 atom stereocenters. The Hall–Kier alpha value is -2.17. The van der Waals surface area contributed by atoms with Crippen molar-refractivity contribution in [2.45, 2.75) is 31.8 Å². The highest BCUT2D eigenvalue weighted by atomic mass is 35.5. The maximum Gasteiger partial charge on any atom is 0.226 e. The second-order valence-corrected chi connectivity index (χ2v) is 8.46. The van der Waals surface area contributed by atoms with E-state index in [1.807, 2.05) is 53.4 Å². The summed E-state index contributed by atoms with van der Waals surface area (Å²) in [7, 11) is 0. The van der Waals surface area contributed by atoms with E-state index in [0.717, 1.165) is 40.1 Å². The van der Waals surface area contributed by atoms with Gasteiger partial charge in [-0.25, -0.2) is 4.98 Å². The number of thiazole rings is 1. The highest BCUT2D eigenvalue weighted by molar-refractivity contribution is 7.18. The number of piperidine rings is 1. The number of allylic oxidation sites excluding steroid dienone is 1. The summed E-state index contributed by atoms with van der Waals surface area (Å²) in [6, 6.07) is 16.0. The summed E-state index contributed by atoms with van der Waals surface area (Å²) >= 11 is 7.72. The Morgan fingerprint density at radius 2 is 1.96 bits per heavy atom. The molecule has 0 aliphatic carbocycles. The van der Waals surface area contributed by atoms with Crippen LogP contribution in [0.5, 0.6) is 0 Å². The second-order valence-electron chi connectivity index (χ2n) is 6.91. The molecule has 0 N–H and O–H groups in total. The lowest BCUT2D eigenvalue weighted by molar-refractivity contribution is -0.142. The lowest BCUT2D eigenvalue weighted by Gasteiger charge is -2.39. The van der Waals surface area contributed by atoms with E-state index in [9.17, 15) is 4.79 Å². The minimum absolute atomic E-state index is 0.0143. The number of nitrogens with zero attached hydrogens (tertiary/aromatic N) is 2. The zero-order valence-electron chi connectivity index (χ0n) is 15.0. The van der Waals surface area contributed by atoms with E-state index in [4.69, 9.17) is 16.6 Å². The van der Waals surface area contributed by atoms with Gasteiger partial charge in [0.1, 0.15) is 5.01 Å². The summed E-state index contributed by atoms with van der Waals surface area (Å²) in [5.74, 6) is 0.209. The Bertz CT molecular complexity index is 933. The highest BCUT2D eigenvalue weighted by Gasteiger charge is 2.35. The van der Waals surface area contributed by atoms with Gasteiger partial charge in [0.2, 0.25) is 5.91 Å². The number of carbonyl (C=O) groups is 1. The summed E-state index contributed by atoms with van der Waals surface area (Å²) < 4.78 is 1.16. The molecule has 3 aromatic rings. The van der Waals surface area contributed by atoms with E-state index in [1.54, 1.807) is 11.3 Å². The van der Waals surface area contributed by atoms with Crippen LogP contribution in [-0.4, -0.2) is 15.8 Å². The molecule has 1 amide bonds. The van der Waals surface area contributed by atoms with Crippen LogP contribution in [0.4, 0.5) is 0 Å². The molecule has 0 radical (unpaired) electrons. The van der Waals surface area contributed by atoms with Gasteiger partial charge in [0.25, 0.3) is 0 Å². The van der Waals surface area contributed by atoms with E-state index in [-0.39, 0.29) is 17.9 Å². The van der Waals surface area contributed by atoms with Gasteiger partial charge in [-0.2, -0.15) is 0 Å². The van der Waals surface area contributed by atoms with Gasteiger partial charge in [-0.05, 0) is 49.1 Å². The average molecular weight is 397 g/mol. The van der Waals surface area contributed by atoms with Gasteiger partial charge in [0.05, 0.1) is 22.8 Å². The topological polar surface area (TPSA) is 33.2 Å². The van der Waals surface area contributed by atoms with Crippen molar-refractivity contribution < 1.29 is 4.79 Å². The number of hydrogen-bond acceptors (Lipinski definition) is 3. The monoisotopic (exact) mass is 396 g/mol. The predicted molar refractivity (Wildman–Crippen MR) is 112 cm³/mol. The van der Waals surface area contributed by atoms with Crippen molar-refractivity contribution in [3.63, 3.8) is 0 Å². The van der Waals surface area contributed by atoms with Crippen LogP contribution >= 0.6 is 22.9 Å². The van der Waals surface area contributed by atoms with Crippen molar-refractivity contribution in [1.82, 2.24) is 9.88 Å². The minimum Gasteiger partial charge on any atom is -0.329 e. The molecular formula is C22H21ClN2OS. The zero-order valence-corrected chi connectivity index (χ0v) is 16.5. The molecule has 1 unspecified atom stereocenters. The Kier molecular flexibility index (Phi) is 5.28. The summed E-state index contributed by atoms with van der Waals surface area (Å²) in [5, 5.41) is 1.69. The number of halogens is 1. The van der Waals surface area contributed by atoms with Gasteiger partial charge in [-0.3, -0.25) is 4.79 Å². The number of amides is 1. The molecule has 0 saturated carbocycles. The number of para-hydroxylation sites is 1. The second kappa shape index (κ2) is 7.83. The van der Waals surface area contributed by atoms with Gasteiger partial charge >= 0.3 is 0 Å². The molecule has 1 fully saturated rings. The third-order valence-electron chi connectivity index (χ3n) is 5.15. The van der Waals surface area contributed by atoms with Crippen molar-refractivity contribution in [1.29, 1.82) is 0 Å². The molecule has 0 bridgehead atoms. The SMILES string of the molecule is C=CC[C@H]1CCC(c2ccc(Cl)cc2)N(Cc2nc3ccccc3s2)C1=O. The molecular weight excluding hydrogens is 376 g/mol. The van der Waals surface area contributed by atoms with Gasteiger partial charge < -0.3 is 4.90 Å². The highest BCUT2D eigenvalue weighted by Crippen LogP contribution is 2.37. The molecule has 3 nitrogen and oxygen atoms in total. The molecule has 1 saturated heterocycles. The molecule has 1 aromatic heterocycles. The molecule has 2 heterocycles. The molecule has 27 heavy (non-hydrogen) atoms. The number of rotatable bonds is 5. The molecule has 0 spiro atoms. The number of hydrogen-bond donors (Lipinski definition) is 0. The summed E-state index contributed by atoms with van der Waals surface area (Å²) in [5.41, 5.74) is 2.12. The van der Waals surface area contributed by atoms with Crippen LogP contribution in [0.1, 0.15) is 35.9 Å². The lowest BCUT2D eigenvalue weighted by Crippen LogP contribution is -2.42. The van der Waals surface area contributed by atoms with Crippen LogP contribution in [0.15, 0.2) is 61.2 Å². The maximum absolute atomic E-state index is 13.2. The first-order valence-electron chi connectivity index (χ1n) is 9.17. The smallest absolute Gasteiger partial charge is 0.226 e. The van der Waals surface area contributed by atoms with Crippen molar-refractivity contribution in [3.05, 3.63) is 76.8 Å². The van der Waals surface area contributed by atoms with Crippen LogP contribution in [0.3, 0.4) is 0 Å². The Morgan fingerprint density at radius 1 is 1.19 bits per heavy atom. The van der Waals surface area contributed by atoms with Gasteiger partial charge in [-0.1, -0.05) is 41.9 Å². The first-order valence-corrected chi connectivity index (χ1v) is 10.4. The maximum atomic E-state index is 13.2. The van der Waals surface area contributed by atoms with E-state index in [1.165, 1.54) is 0 Å². The Labute approximate surface area is 168 Å². The standard InChI is InChI=1S/C22H21ClN2OS/c1-2-5-16-10-13-19(15-8-11-17(23)12-9-15)25(22(16)26)14-21-24-18-6-3-4-7-20(18)27-21/h2-4,6-9,11-12,16,19H,1,5,10,13-14H2/t16-,19?/m0/s1. The third-order valence-corrected chi connectivity index (χ3v) is 6.42. The largest absolute Gasteiger partial charge is 0.329 e. The van der Waals surface area contributed by atoms with E-state index < -0.39 is 0 Å². The number of benzene rings is 2. The molecule has 138 valence electrons. The van der Waals surface area contributed by atoms with Crippen LogP contribution in [0.25, 0.3) is 10.2 Å². The van der Waals surface area contributed by atoms with Crippen molar-refractivity contribution in [2.24, 2.45) is 5.92 Å². The number of carbonyl (C=O) groups excluding carboxylic acids is 1. The van der Waals surface area contributed by atoms with E-state index in [0.29, 0.717) is 11.6 Å². The van der Waals surface area contributed by atoms with Crippen LogP contribution in [0, 0.1) is 5.92 Å². The molecule has 2 aromatic carbocycles. The number of likely N-dealkylation sites (tertiary alicyclic amines) is 1. The summed E-state index contributed by atoms with van der Waals surface area (Å²) in [6.45, 7) is 4.36. The predicted octanol–water partition coefficient (Wildman–Crippen LogP) is 6.01. The van der Waals surface area contributed by atoms with Crippen molar-refractivity contribution in [2.75, 3.05) is 0 Å². The average Bonchev–Trinajstić information content (AvgIpc) is 3.08. The Balaban J connectivity index is 1.66. The van der Waals surface area contributed by atoms with E-state index in [2.05, 4.69) is 12.6 Å². The molecule has 4 rings (SSSR count). The molecule has 1 aliphatic heterocycles. The third kappa shape index (κ3) is 3.78. The Morgan fingerprint density at radius 3 is 2.70 bits per heavy atom. The van der Waals surface area contributed by atoms with Crippen molar-refractivity contribution in [3.8, 4) is 0 Å². The lowest BCUT2D eigenvalue weighted by atomic mass is 9.86.